The molecular formula is C26H33N3O5. The Morgan fingerprint density at radius 2 is 2.03 bits per heavy atom. The van der Waals surface area contributed by atoms with Crippen LogP contribution in [0.4, 0.5) is 0 Å². The summed E-state index contributed by atoms with van der Waals surface area (Å²) in [5.74, 6) is 2.12. The lowest BCUT2D eigenvalue weighted by Crippen LogP contribution is -2.48. The summed E-state index contributed by atoms with van der Waals surface area (Å²) in [4.78, 5) is 2.18. The minimum atomic E-state index is -1.10. The van der Waals surface area contributed by atoms with Gasteiger partial charge in [-0.15, -0.1) is 0 Å². The smallest absolute Gasteiger partial charge is 0.161 e. The predicted molar refractivity (Wildman–Crippen MR) is 128 cm³/mol. The number of β-amino-alcohol motifs (C(OH)–C–C–N with tert-alkyl or cyclic N) is 1. The average Bonchev–Trinajstić information content (AvgIpc) is 3.27. The van der Waals surface area contributed by atoms with E-state index in [1.807, 2.05) is 66.3 Å². The molecule has 1 fully saturated rings. The lowest BCUT2D eigenvalue weighted by atomic mass is 10.1. The Hall–Kier alpha value is -3.07. The molecule has 0 radical (unpaired) electrons. The Bertz CT molecular complexity index is 1040. The fourth-order valence-corrected chi connectivity index (χ4v) is 4.01. The first-order valence-electron chi connectivity index (χ1n) is 11.5. The van der Waals surface area contributed by atoms with Crippen molar-refractivity contribution in [2.75, 3.05) is 46.6 Å². The summed E-state index contributed by atoms with van der Waals surface area (Å²) in [6.45, 7) is 5.91. The van der Waals surface area contributed by atoms with Gasteiger partial charge in [-0.05, 0) is 48.4 Å². The maximum atomic E-state index is 11.2. The van der Waals surface area contributed by atoms with Crippen molar-refractivity contribution in [2.45, 2.75) is 25.6 Å². The quantitative estimate of drug-likeness (QED) is 0.491. The summed E-state index contributed by atoms with van der Waals surface area (Å²) in [7, 11) is 1.63. The molecule has 0 aliphatic carbocycles. The van der Waals surface area contributed by atoms with E-state index in [1.54, 1.807) is 13.3 Å². The number of benzene rings is 2. The fraction of sp³-hybridized carbons (Fsp3) is 0.423. The second-order valence-corrected chi connectivity index (χ2v) is 8.70. The van der Waals surface area contributed by atoms with Gasteiger partial charge in [-0.25, -0.2) is 0 Å². The molecule has 1 aromatic heterocycles. The van der Waals surface area contributed by atoms with Crippen LogP contribution in [0.2, 0.25) is 0 Å². The summed E-state index contributed by atoms with van der Waals surface area (Å²) in [6.07, 6.45) is 3.65. The SMILES string of the molecule is COc1ccc(CN2CCOCC(O)(COc3cccc(C)c3)C2)cc1OCCn1cccn1. The molecule has 182 valence electrons. The maximum Gasteiger partial charge on any atom is 0.161 e. The molecule has 1 aliphatic heterocycles. The molecule has 2 aromatic carbocycles. The minimum absolute atomic E-state index is 0.164. The molecule has 1 atom stereocenters. The first-order valence-corrected chi connectivity index (χ1v) is 11.5. The van der Waals surface area contributed by atoms with Gasteiger partial charge in [0.05, 0.1) is 26.9 Å². The monoisotopic (exact) mass is 467 g/mol. The van der Waals surface area contributed by atoms with Crippen molar-refractivity contribution in [2.24, 2.45) is 0 Å². The Balaban J connectivity index is 1.38. The summed E-state index contributed by atoms with van der Waals surface area (Å²) in [5, 5.41) is 15.4. The van der Waals surface area contributed by atoms with E-state index in [9.17, 15) is 5.11 Å². The van der Waals surface area contributed by atoms with Crippen LogP contribution < -0.4 is 14.2 Å². The highest BCUT2D eigenvalue weighted by molar-refractivity contribution is 5.43. The highest BCUT2D eigenvalue weighted by Gasteiger charge is 2.33. The molecule has 8 heteroatoms. The summed E-state index contributed by atoms with van der Waals surface area (Å²) >= 11 is 0. The zero-order valence-electron chi connectivity index (χ0n) is 19.9. The Labute approximate surface area is 200 Å². The van der Waals surface area contributed by atoms with Crippen molar-refractivity contribution in [3.8, 4) is 17.2 Å². The van der Waals surface area contributed by atoms with Gasteiger partial charge >= 0.3 is 0 Å². The van der Waals surface area contributed by atoms with E-state index in [4.69, 9.17) is 18.9 Å². The molecule has 2 heterocycles. The van der Waals surface area contributed by atoms with Gasteiger partial charge in [0, 0.05) is 32.0 Å². The molecule has 0 spiro atoms. The van der Waals surface area contributed by atoms with E-state index < -0.39 is 5.60 Å². The third-order valence-corrected chi connectivity index (χ3v) is 5.71. The van der Waals surface area contributed by atoms with Crippen LogP contribution in [-0.4, -0.2) is 72.0 Å². The molecule has 4 rings (SSSR count). The third kappa shape index (κ3) is 6.72. The number of hydrogen-bond donors (Lipinski definition) is 1. The van der Waals surface area contributed by atoms with Gasteiger partial charge in [-0.2, -0.15) is 5.10 Å². The van der Waals surface area contributed by atoms with Gasteiger partial charge in [-0.1, -0.05) is 18.2 Å². The number of ether oxygens (including phenoxy) is 4. The lowest BCUT2D eigenvalue weighted by molar-refractivity contribution is -0.0646. The van der Waals surface area contributed by atoms with Crippen molar-refractivity contribution in [3.63, 3.8) is 0 Å². The normalized spacial score (nSPS) is 18.9. The van der Waals surface area contributed by atoms with Crippen molar-refractivity contribution >= 4 is 0 Å². The zero-order chi connectivity index (χ0) is 23.8. The van der Waals surface area contributed by atoms with Crippen molar-refractivity contribution < 1.29 is 24.1 Å². The number of nitrogens with zero attached hydrogens (tertiary/aromatic N) is 3. The van der Waals surface area contributed by atoms with E-state index in [2.05, 4.69) is 10.00 Å². The van der Waals surface area contributed by atoms with Crippen LogP contribution >= 0.6 is 0 Å². The lowest BCUT2D eigenvalue weighted by Gasteiger charge is -2.30. The van der Waals surface area contributed by atoms with Gasteiger partial charge < -0.3 is 24.1 Å². The van der Waals surface area contributed by atoms with Crippen LogP contribution in [0.25, 0.3) is 0 Å². The van der Waals surface area contributed by atoms with E-state index in [0.717, 1.165) is 16.9 Å². The number of aromatic nitrogens is 2. The van der Waals surface area contributed by atoms with Crippen LogP contribution in [0.3, 0.4) is 0 Å². The standard InChI is InChI=1S/C26H33N3O5/c1-21-5-3-6-23(15-21)34-20-26(30)18-28(11-13-32-19-26)17-22-7-8-24(31-2)25(16-22)33-14-12-29-10-4-9-27-29/h3-10,15-16,30H,11-14,17-20H2,1-2H3. The Morgan fingerprint density at radius 3 is 2.82 bits per heavy atom. The average molecular weight is 468 g/mol. The van der Waals surface area contributed by atoms with Gasteiger partial charge in [0.15, 0.2) is 11.5 Å². The summed E-state index contributed by atoms with van der Waals surface area (Å²) < 4.78 is 24.9. The molecule has 8 nitrogen and oxygen atoms in total. The first kappa shape index (κ1) is 24.1. The third-order valence-electron chi connectivity index (χ3n) is 5.71. The number of aryl methyl sites for hydroxylation is 1. The van der Waals surface area contributed by atoms with Crippen molar-refractivity contribution in [1.29, 1.82) is 0 Å². The van der Waals surface area contributed by atoms with Crippen LogP contribution in [0.15, 0.2) is 60.9 Å². The second-order valence-electron chi connectivity index (χ2n) is 8.70. The van der Waals surface area contributed by atoms with Crippen LogP contribution in [-0.2, 0) is 17.8 Å². The van der Waals surface area contributed by atoms with E-state index in [-0.39, 0.29) is 13.2 Å². The summed E-state index contributed by atoms with van der Waals surface area (Å²) in [5.41, 5.74) is 1.08. The zero-order valence-corrected chi connectivity index (χ0v) is 19.9. The molecule has 1 aliphatic rings. The van der Waals surface area contributed by atoms with Crippen LogP contribution in [0.5, 0.6) is 17.2 Å². The topological polar surface area (TPSA) is 78.2 Å². The van der Waals surface area contributed by atoms with Crippen LogP contribution in [0.1, 0.15) is 11.1 Å². The van der Waals surface area contributed by atoms with Gasteiger partial charge in [-0.3, -0.25) is 9.58 Å². The highest BCUT2D eigenvalue weighted by Crippen LogP contribution is 2.29. The molecular weight excluding hydrogens is 434 g/mol. The number of aliphatic hydroxyl groups is 1. The van der Waals surface area contributed by atoms with Crippen molar-refractivity contribution in [1.82, 2.24) is 14.7 Å². The van der Waals surface area contributed by atoms with E-state index in [1.165, 1.54) is 0 Å². The Kier molecular flexibility index (Phi) is 8.05. The molecule has 0 bridgehead atoms. The molecule has 0 amide bonds. The molecule has 34 heavy (non-hydrogen) atoms. The summed E-state index contributed by atoms with van der Waals surface area (Å²) in [6, 6.07) is 15.6. The number of hydrogen-bond acceptors (Lipinski definition) is 7. The van der Waals surface area contributed by atoms with Gasteiger partial charge in [0.1, 0.15) is 24.6 Å². The predicted octanol–water partition coefficient (Wildman–Crippen LogP) is 2.92. The molecule has 1 saturated heterocycles. The number of methoxy groups -OCH3 is 1. The van der Waals surface area contributed by atoms with Crippen LogP contribution in [0, 0.1) is 6.92 Å². The Morgan fingerprint density at radius 1 is 1.12 bits per heavy atom. The molecule has 3 aromatic rings. The molecule has 1 N–H and O–H groups in total. The maximum absolute atomic E-state index is 11.2. The minimum Gasteiger partial charge on any atom is -0.493 e. The first-order chi connectivity index (χ1) is 16.5. The van der Waals surface area contributed by atoms with Gasteiger partial charge in [0.25, 0.3) is 0 Å². The second kappa shape index (κ2) is 11.4. The van der Waals surface area contributed by atoms with Gasteiger partial charge in [0.2, 0.25) is 0 Å². The molecule has 1 unspecified atom stereocenters. The molecule has 0 saturated carbocycles. The largest absolute Gasteiger partial charge is 0.493 e. The number of rotatable bonds is 10. The van der Waals surface area contributed by atoms with E-state index >= 15 is 0 Å². The van der Waals surface area contributed by atoms with Crippen molar-refractivity contribution in [3.05, 3.63) is 72.1 Å². The highest BCUT2D eigenvalue weighted by atomic mass is 16.5. The van der Waals surface area contributed by atoms with E-state index in [0.29, 0.717) is 50.9 Å². The fourth-order valence-electron chi connectivity index (χ4n) is 4.01.